The fourth-order valence-electron chi connectivity index (χ4n) is 2.76. The van der Waals surface area contributed by atoms with Gasteiger partial charge in [0.2, 0.25) is 5.91 Å². The van der Waals surface area contributed by atoms with E-state index in [0.29, 0.717) is 6.42 Å². The highest BCUT2D eigenvalue weighted by molar-refractivity contribution is 5.79. The number of rotatable bonds is 5. The summed E-state index contributed by atoms with van der Waals surface area (Å²) in [6, 6.07) is 8.48. The molecule has 0 bridgehead atoms. The Bertz CT molecular complexity index is 584. The molecule has 1 aliphatic rings. The number of hydrogen-bond acceptors (Lipinski definition) is 2. The highest BCUT2D eigenvalue weighted by atomic mass is 16.2. The fraction of sp³-hybridized carbons (Fsp3) is 0.438. The molecule has 20 heavy (non-hydrogen) atoms. The topological polar surface area (TPSA) is 48.1 Å². The first-order valence-corrected chi connectivity index (χ1v) is 7.37. The van der Waals surface area contributed by atoms with Crippen molar-refractivity contribution in [3.63, 3.8) is 0 Å². The molecule has 4 nitrogen and oxygen atoms in total. The van der Waals surface area contributed by atoms with Gasteiger partial charge in [-0.2, -0.15) is 0 Å². The summed E-state index contributed by atoms with van der Waals surface area (Å²) in [6.07, 6.45) is 4.88. The first kappa shape index (κ1) is 13.2. The van der Waals surface area contributed by atoms with Crippen molar-refractivity contribution in [3.05, 3.63) is 36.0 Å². The molecule has 0 atom stereocenters. The highest BCUT2D eigenvalue weighted by Gasteiger charge is 2.16. The largest absolute Gasteiger partial charge is 0.361 e. The normalized spacial score (nSPS) is 15.1. The third-order valence-electron chi connectivity index (χ3n) is 3.92. The Morgan fingerprint density at radius 1 is 1.25 bits per heavy atom. The van der Waals surface area contributed by atoms with E-state index in [4.69, 9.17) is 0 Å². The van der Waals surface area contributed by atoms with Gasteiger partial charge < -0.3 is 15.2 Å². The minimum atomic E-state index is 0.287. The Labute approximate surface area is 119 Å². The van der Waals surface area contributed by atoms with Crippen LogP contribution in [0, 0.1) is 0 Å². The lowest BCUT2D eigenvalue weighted by molar-refractivity contribution is -0.130. The molecule has 2 N–H and O–H groups in total. The Balaban J connectivity index is 1.43. The van der Waals surface area contributed by atoms with Crippen molar-refractivity contribution >= 4 is 16.8 Å². The summed E-state index contributed by atoms with van der Waals surface area (Å²) < 4.78 is 0. The minimum absolute atomic E-state index is 0.287. The van der Waals surface area contributed by atoms with Crippen LogP contribution in [0.5, 0.6) is 0 Å². The Hall–Kier alpha value is -1.81. The fourth-order valence-corrected chi connectivity index (χ4v) is 2.76. The van der Waals surface area contributed by atoms with Gasteiger partial charge in [-0.25, -0.2) is 0 Å². The number of carbonyl (C=O) groups excluding carboxylic acids is 1. The van der Waals surface area contributed by atoms with E-state index < -0.39 is 0 Å². The van der Waals surface area contributed by atoms with Crippen LogP contribution in [0.3, 0.4) is 0 Å². The van der Waals surface area contributed by atoms with Gasteiger partial charge in [0.25, 0.3) is 0 Å². The molecule has 1 aromatic carbocycles. The maximum Gasteiger partial charge on any atom is 0.223 e. The third kappa shape index (κ3) is 3.02. The van der Waals surface area contributed by atoms with Crippen LogP contribution in [0.1, 0.15) is 24.8 Å². The van der Waals surface area contributed by atoms with E-state index in [1.807, 2.05) is 11.1 Å². The molecule has 0 saturated carbocycles. The van der Waals surface area contributed by atoms with Crippen LogP contribution in [0.15, 0.2) is 30.5 Å². The van der Waals surface area contributed by atoms with Crippen molar-refractivity contribution in [2.75, 3.05) is 19.6 Å². The molecule has 2 heterocycles. The Morgan fingerprint density at radius 2 is 2.10 bits per heavy atom. The molecule has 0 unspecified atom stereocenters. The number of H-pyrrole nitrogens is 1. The number of nitrogens with one attached hydrogen (secondary N) is 2. The van der Waals surface area contributed by atoms with E-state index in [-0.39, 0.29) is 5.91 Å². The lowest BCUT2D eigenvalue weighted by Gasteiger charge is -2.15. The molecule has 0 aliphatic carbocycles. The van der Waals surface area contributed by atoms with Crippen molar-refractivity contribution in [2.45, 2.75) is 25.8 Å². The summed E-state index contributed by atoms with van der Waals surface area (Å²) in [6.45, 7) is 3.45. The molecule has 1 fully saturated rings. The van der Waals surface area contributed by atoms with Gasteiger partial charge >= 0.3 is 0 Å². The smallest absolute Gasteiger partial charge is 0.223 e. The van der Waals surface area contributed by atoms with Crippen LogP contribution in [0.2, 0.25) is 0 Å². The van der Waals surface area contributed by atoms with E-state index in [1.54, 1.807) is 0 Å². The van der Waals surface area contributed by atoms with Crippen molar-refractivity contribution in [2.24, 2.45) is 0 Å². The minimum Gasteiger partial charge on any atom is -0.361 e. The first-order valence-electron chi connectivity index (χ1n) is 7.37. The molecule has 1 saturated heterocycles. The zero-order valence-electron chi connectivity index (χ0n) is 11.7. The zero-order chi connectivity index (χ0) is 13.8. The first-order chi connectivity index (χ1) is 9.83. The quantitative estimate of drug-likeness (QED) is 0.820. The SMILES string of the molecule is O=C(CCNCc1ccc2cc[nH]c2c1)N1CCCC1. The maximum atomic E-state index is 11.9. The van der Waals surface area contributed by atoms with Crippen LogP contribution in [0.4, 0.5) is 0 Å². The van der Waals surface area contributed by atoms with Gasteiger partial charge in [-0.1, -0.05) is 12.1 Å². The van der Waals surface area contributed by atoms with Gasteiger partial charge in [0.05, 0.1) is 0 Å². The molecule has 1 amide bonds. The molecule has 2 aromatic rings. The second-order valence-electron chi connectivity index (χ2n) is 5.41. The number of likely N-dealkylation sites (tertiary alicyclic amines) is 1. The van der Waals surface area contributed by atoms with E-state index in [9.17, 15) is 4.79 Å². The highest BCUT2D eigenvalue weighted by Crippen LogP contribution is 2.14. The number of aromatic nitrogens is 1. The van der Waals surface area contributed by atoms with Crippen molar-refractivity contribution < 1.29 is 4.79 Å². The van der Waals surface area contributed by atoms with E-state index >= 15 is 0 Å². The number of carbonyl (C=O) groups is 1. The number of hydrogen-bond donors (Lipinski definition) is 2. The molecule has 0 radical (unpaired) electrons. The second kappa shape index (κ2) is 6.09. The van der Waals surface area contributed by atoms with Crippen LogP contribution in [0.25, 0.3) is 10.9 Å². The van der Waals surface area contributed by atoms with Crippen molar-refractivity contribution in [3.8, 4) is 0 Å². The number of aromatic amines is 1. The predicted molar refractivity (Wildman–Crippen MR) is 80.4 cm³/mol. The Kier molecular flexibility index (Phi) is 4.02. The van der Waals surface area contributed by atoms with Crippen LogP contribution >= 0.6 is 0 Å². The van der Waals surface area contributed by atoms with Crippen molar-refractivity contribution in [1.29, 1.82) is 0 Å². The van der Waals surface area contributed by atoms with Gasteiger partial charge in [-0.3, -0.25) is 4.79 Å². The number of fused-ring (bicyclic) bond motifs is 1. The van der Waals surface area contributed by atoms with E-state index in [1.165, 1.54) is 10.9 Å². The van der Waals surface area contributed by atoms with E-state index in [2.05, 4.69) is 34.6 Å². The summed E-state index contributed by atoms with van der Waals surface area (Å²) in [5.74, 6) is 0.287. The molecular formula is C16H21N3O. The van der Waals surface area contributed by atoms with Gasteiger partial charge in [-0.05, 0) is 35.9 Å². The summed E-state index contributed by atoms with van der Waals surface area (Å²) in [7, 11) is 0. The molecule has 1 aliphatic heterocycles. The molecule has 106 valence electrons. The Morgan fingerprint density at radius 3 is 2.95 bits per heavy atom. The number of amides is 1. The number of nitrogens with zero attached hydrogens (tertiary/aromatic N) is 1. The molecule has 4 heteroatoms. The lowest BCUT2D eigenvalue weighted by Crippen LogP contribution is -2.30. The van der Waals surface area contributed by atoms with Crippen LogP contribution in [-0.4, -0.2) is 35.4 Å². The lowest BCUT2D eigenvalue weighted by atomic mass is 10.1. The van der Waals surface area contributed by atoms with Crippen LogP contribution < -0.4 is 5.32 Å². The second-order valence-corrected chi connectivity index (χ2v) is 5.41. The van der Waals surface area contributed by atoms with Crippen molar-refractivity contribution in [1.82, 2.24) is 15.2 Å². The van der Waals surface area contributed by atoms with E-state index in [0.717, 1.165) is 44.5 Å². The van der Waals surface area contributed by atoms with Gasteiger partial charge in [0, 0.05) is 44.3 Å². The molecule has 1 aromatic heterocycles. The zero-order valence-corrected chi connectivity index (χ0v) is 11.7. The number of benzene rings is 1. The average molecular weight is 271 g/mol. The summed E-state index contributed by atoms with van der Waals surface area (Å²) >= 11 is 0. The third-order valence-corrected chi connectivity index (χ3v) is 3.92. The van der Waals surface area contributed by atoms with Gasteiger partial charge in [0.1, 0.15) is 0 Å². The molecule has 0 spiro atoms. The molecule has 3 rings (SSSR count). The summed E-state index contributed by atoms with van der Waals surface area (Å²) in [5.41, 5.74) is 2.41. The summed E-state index contributed by atoms with van der Waals surface area (Å²) in [5, 5.41) is 4.59. The van der Waals surface area contributed by atoms with Gasteiger partial charge in [-0.15, -0.1) is 0 Å². The molecular weight excluding hydrogens is 250 g/mol. The average Bonchev–Trinajstić information content (AvgIpc) is 3.13. The maximum absolute atomic E-state index is 11.9. The van der Waals surface area contributed by atoms with Gasteiger partial charge in [0.15, 0.2) is 0 Å². The predicted octanol–water partition coefficient (Wildman–Crippen LogP) is 2.27. The monoisotopic (exact) mass is 271 g/mol. The standard InChI is InChI=1S/C16H21N3O/c20-16(19-9-1-2-10-19)6-7-17-12-13-3-4-14-5-8-18-15(14)11-13/h3-5,8,11,17-18H,1-2,6-7,9-10,12H2. The summed E-state index contributed by atoms with van der Waals surface area (Å²) in [4.78, 5) is 17.1. The van der Waals surface area contributed by atoms with Crippen LogP contribution in [-0.2, 0) is 11.3 Å².